The quantitative estimate of drug-likeness (QED) is 0.272. The normalized spacial score (nSPS) is 40.6. The number of ketones is 1. The molecule has 4 aliphatic carbocycles. The molecule has 0 aliphatic heterocycles. The maximum Gasteiger partial charge on any atom is 0.151 e. The zero-order valence-electron chi connectivity index (χ0n) is 22.7. The van der Waals surface area contributed by atoms with E-state index in [1.165, 1.54) is 89.9 Å². The van der Waals surface area contributed by atoms with Gasteiger partial charge in [-0.25, -0.2) is 4.39 Å². The molecule has 0 N–H and O–H groups in total. The summed E-state index contributed by atoms with van der Waals surface area (Å²) in [6.45, 7) is 4.55. The number of rotatable bonds is 11. The Morgan fingerprint density at radius 1 is 0.618 bits per heavy atom. The van der Waals surface area contributed by atoms with Crippen LogP contribution in [0.25, 0.3) is 0 Å². The van der Waals surface area contributed by atoms with Crippen LogP contribution in [-0.2, 0) is 4.79 Å². The third kappa shape index (κ3) is 5.46. The van der Waals surface area contributed by atoms with Crippen molar-refractivity contribution in [3.8, 4) is 0 Å². The molecule has 0 bridgehead atoms. The molecule has 1 atom stereocenters. The Bertz CT molecular complexity index is 617. The van der Waals surface area contributed by atoms with Crippen LogP contribution < -0.4 is 0 Å². The average Bonchev–Trinajstić information content (AvgIpc) is 2.89. The summed E-state index contributed by atoms with van der Waals surface area (Å²) in [7, 11) is 0. The fourth-order valence-electron chi connectivity index (χ4n) is 8.91. The first-order valence-corrected chi connectivity index (χ1v) is 15.7. The maximum atomic E-state index is 15.9. The van der Waals surface area contributed by atoms with E-state index in [1.807, 2.05) is 0 Å². The van der Waals surface area contributed by atoms with E-state index in [9.17, 15) is 4.79 Å². The highest BCUT2D eigenvalue weighted by molar-refractivity contribution is 5.98. The smallest absolute Gasteiger partial charge is 0.151 e. The Hall–Kier alpha value is -0.400. The summed E-state index contributed by atoms with van der Waals surface area (Å²) in [5.41, 5.74) is -1.13. The van der Waals surface area contributed by atoms with Gasteiger partial charge < -0.3 is 0 Å². The molecule has 4 rings (SSSR count). The number of hydrogen-bond acceptors (Lipinski definition) is 1. The molecule has 4 saturated carbocycles. The lowest BCUT2D eigenvalue weighted by atomic mass is 9.41. The molecule has 0 unspecified atom stereocenters. The Morgan fingerprint density at radius 3 is 1.62 bits per heavy atom. The summed E-state index contributed by atoms with van der Waals surface area (Å²) in [6.07, 6.45) is 26.3. The molecule has 2 spiro atoms. The minimum atomic E-state index is -0.839. The van der Waals surface area contributed by atoms with E-state index in [0.29, 0.717) is 5.78 Å². The predicted molar refractivity (Wildman–Crippen MR) is 142 cm³/mol. The molecule has 0 aromatic carbocycles. The van der Waals surface area contributed by atoms with Gasteiger partial charge in [0, 0.05) is 0 Å². The van der Waals surface area contributed by atoms with E-state index in [1.54, 1.807) is 0 Å². The number of Topliss-reactive ketones (excluding diaryl/α,β-unsaturated/α-hetero) is 1. The van der Waals surface area contributed by atoms with E-state index < -0.39 is 17.0 Å². The Morgan fingerprint density at radius 2 is 1.06 bits per heavy atom. The van der Waals surface area contributed by atoms with Gasteiger partial charge in [0.2, 0.25) is 0 Å². The molecule has 196 valence electrons. The van der Waals surface area contributed by atoms with Crippen LogP contribution in [0.15, 0.2) is 0 Å². The Kier molecular flexibility index (Phi) is 9.59. The third-order valence-corrected chi connectivity index (χ3v) is 11.3. The van der Waals surface area contributed by atoms with Crippen LogP contribution in [0, 0.1) is 34.5 Å². The van der Waals surface area contributed by atoms with Crippen LogP contribution in [0.3, 0.4) is 0 Å². The molecule has 0 heterocycles. The van der Waals surface area contributed by atoms with Crippen molar-refractivity contribution in [2.24, 2.45) is 34.5 Å². The second kappa shape index (κ2) is 12.2. The van der Waals surface area contributed by atoms with Crippen LogP contribution in [0.2, 0.25) is 0 Å². The summed E-state index contributed by atoms with van der Waals surface area (Å²) in [5, 5.41) is 0. The van der Waals surface area contributed by atoms with Gasteiger partial charge in [0.1, 0.15) is 6.17 Å². The second-order valence-electron chi connectivity index (χ2n) is 13.3. The fraction of sp³-hybridized carbons (Fsp3) is 0.969. The number of carbonyl (C=O) groups excluding carboxylic acids is 1. The summed E-state index contributed by atoms with van der Waals surface area (Å²) in [5.74, 6) is 3.70. The van der Waals surface area contributed by atoms with Gasteiger partial charge in [-0.3, -0.25) is 4.79 Å². The van der Waals surface area contributed by atoms with Gasteiger partial charge in [-0.05, 0) is 87.9 Å². The van der Waals surface area contributed by atoms with Gasteiger partial charge in [0.05, 0.1) is 10.8 Å². The van der Waals surface area contributed by atoms with Crippen molar-refractivity contribution in [1.29, 1.82) is 0 Å². The largest absolute Gasteiger partial charge is 0.298 e. The molecule has 34 heavy (non-hydrogen) atoms. The molecular weight excluding hydrogens is 419 g/mol. The fourth-order valence-corrected chi connectivity index (χ4v) is 8.91. The summed E-state index contributed by atoms with van der Waals surface area (Å²) in [4.78, 5) is 13.5. The van der Waals surface area contributed by atoms with Gasteiger partial charge in [0.25, 0.3) is 0 Å². The van der Waals surface area contributed by atoms with Crippen LogP contribution in [0.1, 0.15) is 155 Å². The van der Waals surface area contributed by atoms with Gasteiger partial charge >= 0.3 is 0 Å². The van der Waals surface area contributed by atoms with Gasteiger partial charge in [-0.1, -0.05) is 90.9 Å². The molecule has 0 aromatic rings. The molecule has 4 fully saturated rings. The highest BCUT2D eigenvalue weighted by Crippen LogP contribution is 2.66. The maximum absolute atomic E-state index is 15.9. The van der Waals surface area contributed by atoms with Crippen molar-refractivity contribution in [3.05, 3.63) is 0 Å². The molecule has 0 aromatic heterocycles. The first-order valence-electron chi connectivity index (χ1n) is 15.7. The van der Waals surface area contributed by atoms with E-state index in [-0.39, 0.29) is 0 Å². The van der Waals surface area contributed by atoms with Crippen molar-refractivity contribution < 1.29 is 9.18 Å². The minimum Gasteiger partial charge on any atom is -0.298 e. The van der Waals surface area contributed by atoms with E-state index >= 15 is 4.39 Å². The van der Waals surface area contributed by atoms with Crippen molar-refractivity contribution >= 4 is 5.78 Å². The van der Waals surface area contributed by atoms with Crippen LogP contribution in [-0.4, -0.2) is 12.0 Å². The molecular formula is C32H55FO. The second-order valence-corrected chi connectivity index (χ2v) is 13.3. The van der Waals surface area contributed by atoms with Crippen molar-refractivity contribution in [1.82, 2.24) is 0 Å². The van der Waals surface area contributed by atoms with Gasteiger partial charge in [-0.2, -0.15) is 0 Å². The van der Waals surface area contributed by atoms with Crippen LogP contribution in [0.5, 0.6) is 0 Å². The van der Waals surface area contributed by atoms with Crippen molar-refractivity contribution in [3.63, 3.8) is 0 Å². The van der Waals surface area contributed by atoms with Crippen LogP contribution in [0.4, 0.5) is 4.39 Å². The number of alkyl halides is 1. The molecule has 0 saturated heterocycles. The van der Waals surface area contributed by atoms with Gasteiger partial charge in [0.15, 0.2) is 5.78 Å². The molecule has 0 radical (unpaired) electrons. The topological polar surface area (TPSA) is 17.1 Å². The Balaban J connectivity index is 1.18. The van der Waals surface area contributed by atoms with Crippen LogP contribution >= 0.6 is 0 Å². The lowest BCUT2D eigenvalue weighted by Gasteiger charge is -2.61. The standard InChI is InChI=1S/C32H55FO/c1-3-5-7-8-10-12-25-13-15-27(16-14-25)28-19-23-32(24-20-28)29(33)31(30(32)34)21-17-26(18-22-31)11-9-6-4-2/h25-29H,3-24H2,1-2H3/t25?,26?,27?,28?,29-,31?,32?/m1/s1. The number of hydrogen-bond donors (Lipinski definition) is 0. The predicted octanol–water partition coefficient (Wildman–Crippen LogP) is 10.0. The highest BCUT2D eigenvalue weighted by Gasteiger charge is 2.71. The highest BCUT2D eigenvalue weighted by atomic mass is 19.1. The molecule has 1 nitrogen and oxygen atoms in total. The minimum absolute atomic E-state index is 0.365. The molecule has 4 aliphatic rings. The van der Waals surface area contributed by atoms with Crippen molar-refractivity contribution in [2.75, 3.05) is 0 Å². The lowest BCUT2D eigenvalue weighted by Crippen LogP contribution is -2.69. The zero-order chi connectivity index (χ0) is 24.0. The first-order chi connectivity index (χ1) is 16.6. The summed E-state index contributed by atoms with van der Waals surface area (Å²) in [6, 6.07) is 0. The Labute approximate surface area is 210 Å². The SMILES string of the molecule is CCCCCCCC1CCC(C2CCC3(CC2)C(=O)C2(CCC(CCCCC)CC2)[C@H]3F)CC1. The lowest BCUT2D eigenvalue weighted by molar-refractivity contribution is -0.194. The van der Waals surface area contributed by atoms with E-state index in [4.69, 9.17) is 0 Å². The number of carbonyl (C=O) groups is 1. The molecule has 0 amide bonds. The monoisotopic (exact) mass is 474 g/mol. The molecule has 2 heteroatoms. The first kappa shape index (κ1) is 26.7. The summed E-state index contributed by atoms with van der Waals surface area (Å²) < 4.78 is 15.9. The number of unbranched alkanes of at least 4 members (excludes halogenated alkanes) is 6. The number of halogens is 1. The third-order valence-electron chi connectivity index (χ3n) is 11.3. The van der Waals surface area contributed by atoms with E-state index in [2.05, 4.69) is 13.8 Å². The summed E-state index contributed by atoms with van der Waals surface area (Å²) >= 11 is 0. The average molecular weight is 475 g/mol. The van der Waals surface area contributed by atoms with Gasteiger partial charge in [-0.15, -0.1) is 0 Å². The van der Waals surface area contributed by atoms with Crippen molar-refractivity contribution in [2.45, 2.75) is 161 Å². The van der Waals surface area contributed by atoms with E-state index in [0.717, 1.165) is 75.0 Å². The zero-order valence-corrected chi connectivity index (χ0v) is 22.7.